The van der Waals surface area contributed by atoms with E-state index in [0.29, 0.717) is 112 Å². The second kappa shape index (κ2) is 11.6. The molecule has 0 amide bonds. The first kappa shape index (κ1) is 26.6. The highest BCUT2D eigenvalue weighted by molar-refractivity contribution is 5.70. The molecule has 8 aliphatic rings. The Balaban J connectivity index is 0.000000160. The zero-order valence-electron chi connectivity index (χ0n) is 22.9. The van der Waals surface area contributed by atoms with Gasteiger partial charge in [0.15, 0.2) is 0 Å². The minimum Gasteiger partial charge on any atom is -0.465 e. The Morgan fingerprint density at radius 2 is 1.00 bits per heavy atom. The van der Waals surface area contributed by atoms with Crippen molar-refractivity contribution < 1.29 is 42.7 Å². The van der Waals surface area contributed by atoms with Crippen LogP contribution in [0, 0.1) is 11.8 Å². The Kier molecular flexibility index (Phi) is 7.89. The first-order chi connectivity index (χ1) is 19.1. The molecule has 4 saturated heterocycles. The Labute approximate surface area is 230 Å². The summed E-state index contributed by atoms with van der Waals surface area (Å²) < 4.78 is 38.7. The smallest absolute Gasteiger partial charge is 0.305 e. The summed E-state index contributed by atoms with van der Waals surface area (Å²) in [6.45, 7) is 1.03. The van der Waals surface area contributed by atoms with Crippen LogP contribution in [0.1, 0.15) is 89.9 Å². The maximum Gasteiger partial charge on any atom is 0.305 e. The number of hydrogen-bond donors (Lipinski definition) is 0. The lowest BCUT2D eigenvalue weighted by atomic mass is 9.90. The van der Waals surface area contributed by atoms with Crippen LogP contribution in [0.3, 0.4) is 0 Å². The molecule has 39 heavy (non-hydrogen) atoms. The number of esters is 2. The molecule has 9 heteroatoms. The van der Waals surface area contributed by atoms with Crippen LogP contribution in [0.5, 0.6) is 0 Å². The number of hydrogen-bond acceptors (Lipinski definition) is 9. The van der Waals surface area contributed by atoms with Crippen molar-refractivity contribution in [1.82, 2.24) is 0 Å². The number of carbonyl (C=O) groups excluding carboxylic acids is 2. The maximum absolute atomic E-state index is 11.8. The molecule has 4 heterocycles. The molecule has 0 aromatic carbocycles. The van der Waals surface area contributed by atoms with E-state index in [1.54, 1.807) is 0 Å². The van der Waals surface area contributed by atoms with Gasteiger partial charge in [-0.3, -0.25) is 9.59 Å². The molecular weight excluding hydrogens is 504 g/mol. The molecule has 218 valence electrons. The van der Waals surface area contributed by atoms with Gasteiger partial charge in [-0.05, 0) is 88.9 Å². The summed E-state index contributed by atoms with van der Waals surface area (Å²) in [5.41, 5.74) is 0. The van der Waals surface area contributed by atoms with Gasteiger partial charge in [0, 0.05) is 12.8 Å². The Morgan fingerprint density at radius 1 is 0.538 bits per heavy atom. The highest BCUT2D eigenvalue weighted by Gasteiger charge is 2.56. The molecule has 9 nitrogen and oxygen atoms in total. The first-order valence-electron chi connectivity index (χ1n) is 15.7. The molecule has 4 aliphatic heterocycles. The minimum atomic E-state index is -0.154. The lowest BCUT2D eigenvalue weighted by Gasteiger charge is -2.18. The summed E-state index contributed by atoms with van der Waals surface area (Å²) in [5.74, 6) is 0.597. The van der Waals surface area contributed by atoms with Gasteiger partial charge >= 0.3 is 11.9 Å². The predicted molar refractivity (Wildman–Crippen MR) is 137 cm³/mol. The normalized spacial score (nSPS) is 45.4. The van der Waals surface area contributed by atoms with E-state index in [4.69, 9.17) is 33.2 Å². The van der Waals surface area contributed by atoms with Crippen molar-refractivity contribution >= 4 is 11.9 Å². The largest absolute Gasteiger partial charge is 0.465 e. The van der Waals surface area contributed by atoms with Gasteiger partial charge in [-0.1, -0.05) is 0 Å². The monoisotopic (exact) mass is 548 g/mol. The molecule has 4 saturated carbocycles. The lowest BCUT2D eigenvalue weighted by molar-refractivity contribution is -0.147. The van der Waals surface area contributed by atoms with Crippen molar-refractivity contribution in [1.29, 1.82) is 0 Å². The highest BCUT2D eigenvalue weighted by Crippen LogP contribution is 2.46. The van der Waals surface area contributed by atoms with E-state index in [2.05, 4.69) is 0 Å². The minimum absolute atomic E-state index is 0.154. The first-order valence-corrected chi connectivity index (χ1v) is 15.7. The van der Waals surface area contributed by atoms with Crippen molar-refractivity contribution in [2.24, 2.45) is 11.8 Å². The van der Waals surface area contributed by atoms with Crippen LogP contribution in [-0.2, 0) is 42.7 Å². The fraction of sp³-hybridized carbons (Fsp3) is 0.933. The van der Waals surface area contributed by atoms with E-state index in [1.807, 2.05) is 0 Å². The molecule has 8 fully saturated rings. The summed E-state index contributed by atoms with van der Waals surface area (Å²) in [6.07, 6.45) is 17.9. The molecule has 0 N–H and O–H groups in total. The number of ether oxygens (including phenoxy) is 7. The number of carbonyl (C=O) groups is 2. The number of unbranched alkanes of at least 4 members (excludes halogenated alkanes) is 1. The summed E-state index contributed by atoms with van der Waals surface area (Å²) in [4.78, 5) is 23.6. The Morgan fingerprint density at radius 3 is 1.38 bits per heavy atom. The van der Waals surface area contributed by atoms with E-state index >= 15 is 0 Å². The molecule has 4 aliphatic carbocycles. The van der Waals surface area contributed by atoms with Crippen LogP contribution in [0.2, 0.25) is 0 Å². The van der Waals surface area contributed by atoms with Crippen LogP contribution in [0.4, 0.5) is 0 Å². The molecule has 0 radical (unpaired) electrons. The molecule has 8 rings (SSSR count). The van der Waals surface area contributed by atoms with Gasteiger partial charge in [0.1, 0.15) is 12.2 Å². The predicted octanol–water partition coefficient (Wildman–Crippen LogP) is 3.63. The molecule has 0 aromatic heterocycles. The van der Waals surface area contributed by atoms with Gasteiger partial charge in [0.05, 0.1) is 62.0 Å². The van der Waals surface area contributed by atoms with Crippen LogP contribution in [0.15, 0.2) is 0 Å². The van der Waals surface area contributed by atoms with E-state index in [9.17, 15) is 9.59 Å². The van der Waals surface area contributed by atoms with Crippen LogP contribution >= 0.6 is 0 Å². The van der Waals surface area contributed by atoms with Gasteiger partial charge < -0.3 is 33.2 Å². The Hall–Kier alpha value is -1.26. The van der Waals surface area contributed by atoms with E-state index in [-0.39, 0.29) is 11.9 Å². The van der Waals surface area contributed by atoms with Gasteiger partial charge in [-0.2, -0.15) is 0 Å². The average molecular weight is 549 g/mol. The lowest BCUT2D eigenvalue weighted by Crippen LogP contribution is -2.26. The quantitative estimate of drug-likeness (QED) is 0.217. The van der Waals surface area contributed by atoms with Crippen LogP contribution in [0.25, 0.3) is 0 Å². The number of rotatable bonds is 11. The fourth-order valence-electron chi connectivity index (χ4n) is 7.31. The molecule has 0 bridgehead atoms. The van der Waals surface area contributed by atoms with Gasteiger partial charge in [-0.15, -0.1) is 0 Å². The third-order valence-corrected chi connectivity index (χ3v) is 9.99. The second-order valence-corrected chi connectivity index (χ2v) is 13.0. The molecule has 12 atom stereocenters. The number of fused-ring (bicyclic) bond motifs is 4. The maximum atomic E-state index is 11.8. The van der Waals surface area contributed by atoms with Crippen molar-refractivity contribution in [3.8, 4) is 0 Å². The van der Waals surface area contributed by atoms with E-state index < -0.39 is 0 Å². The summed E-state index contributed by atoms with van der Waals surface area (Å²) in [6, 6.07) is 0. The van der Waals surface area contributed by atoms with Gasteiger partial charge in [0.2, 0.25) is 0 Å². The zero-order chi connectivity index (χ0) is 26.3. The summed E-state index contributed by atoms with van der Waals surface area (Å²) >= 11 is 0. The van der Waals surface area contributed by atoms with E-state index in [1.165, 1.54) is 25.7 Å². The zero-order valence-corrected chi connectivity index (χ0v) is 22.9. The molecular formula is C30H44O9. The van der Waals surface area contributed by atoms with Crippen molar-refractivity contribution in [2.75, 3.05) is 13.2 Å². The fourth-order valence-corrected chi connectivity index (χ4v) is 7.31. The average Bonchev–Trinajstić information content (AvgIpc) is 3.80. The van der Waals surface area contributed by atoms with E-state index in [0.717, 1.165) is 38.5 Å². The molecule has 0 spiro atoms. The summed E-state index contributed by atoms with van der Waals surface area (Å²) in [5, 5.41) is 0. The van der Waals surface area contributed by atoms with Crippen LogP contribution < -0.4 is 0 Å². The van der Waals surface area contributed by atoms with Gasteiger partial charge in [-0.25, -0.2) is 0 Å². The number of epoxide rings is 4. The highest BCUT2D eigenvalue weighted by atomic mass is 16.7. The van der Waals surface area contributed by atoms with Crippen molar-refractivity contribution in [2.45, 2.75) is 151 Å². The Bertz CT molecular complexity index is 826. The molecule has 12 unspecified atom stereocenters. The SMILES string of the molecule is C1CC2OC2C1OC1CCC2OC12.O=C(CCCCC(=O)OCC1CCC2OC2C1)OCC1CCC2OC2C1. The topological polar surface area (TPSA) is 112 Å². The standard InChI is InChI=1S/C20H30O6.C10H14O3/c21-19(23-11-13-5-7-15-17(9-13)25-15)3-1-2-4-20(22)24-12-14-6-8-16-18(10-14)26-16;1-3-7-9(12-7)5(1)11-6-2-4-8-10(6)13-8/h13-18H,1-12H2;5-10H,1-4H2. The van der Waals surface area contributed by atoms with Crippen molar-refractivity contribution in [3.63, 3.8) is 0 Å². The van der Waals surface area contributed by atoms with Gasteiger partial charge in [0.25, 0.3) is 0 Å². The van der Waals surface area contributed by atoms with Crippen molar-refractivity contribution in [3.05, 3.63) is 0 Å². The second-order valence-electron chi connectivity index (χ2n) is 13.0. The third-order valence-electron chi connectivity index (χ3n) is 9.99. The summed E-state index contributed by atoms with van der Waals surface area (Å²) in [7, 11) is 0. The molecule has 0 aromatic rings. The third kappa shape index (κ3) is 6.97. The van der Waals surface area contributed by atoms with Crippen LogP contribution in [-0.4, -0.2) is 86.2 Å².